The van der Waals surface area contributed by atoms with Gasteiger partial charge in [0.05, 0.1) is 17.6 Å². The van der Waals surface area contributed by atoms with Crippen LogP contribution in [0.5, 0.6) is 0 Å². The Bertz CT molecular complexity index is 469. The van der Waals surface area contributed by atoms with Gasteiger partial charge in [0.15, 0.2) is 0 Å². The molecule has 0 fully saturated rings. The molecule has 0 bridgehead atoms. The van der Waals surface area contributed by atoms with Crippen LogP contribution in [0, 0.1) is 17.2 Å². The SMILES string of the molecule is CC(C#N)CN1C(=O)c2cccnc2C1=O. The van der Waals surface area contributed by atoms with Gasteiger partial charge in [-0.1, -0.05) is 0 Å². The molecule has 0 radical (unpaired) electrons. The number of hydrogen-bond donors (Lipinski definition) is 0. The van der Waals surface area contributed by atoms with E-state index in [1.54, 1.807) is 19.1 Å². The molecular formula is C11H9N3O2. The Labute approximate surface area is 92.3 Å². The smallest absolute Gasteiger partial charge is 0.272 e. The molecule has 0 N–H and O–H groups in total. The van der Waals surface area contributed by atoms with Crippen LogP contribution in [0.2, 0.25) is 0 Å². The number of aromatic nitrogens is 1. The Morgan fingerprint density at radius 3 is 2.88 bits per heavy atom. The van der Waals surface area contributed by atoms with E-state index in [4.69, 9.17) is 5.26 Å². The minimum Gasteiger partial charge on any atom is -0.272 e. The van der Waals surface area contributed by atoms with E-state index in [0.29, 0.717) is 5.56 Å². The van der Waals surface area contributed by atoms with Crippen LogP contribution >= 0.6 is 0 Å². The largest absolute Gasteiger partial charge is 0.280 e. The Morgan fingerprint density at radius 1 is 1.50 bits per heavy atom. The molecule has 80 valence electrons. The van der Waals surface area contributed by atoms with E-state index in [1.807, 2.05) is 6.07 Å². The first kappa shape index (κ1) is 10.3. The van der Waals surface area contributed by atoms with Crippen LogP contribution < -0.4 is 0 Å². The van der Waals surface area contributed by atoms with E-state index >= 15 is 0 Å². The monoisotopic (exact) mass is 215 g/mol. The summed E-state index contributed by atoms with van der Waals surface area (Å²) in [5.74, 6) is -1.15. The second-order valence-corrected chi connectivity index (χ2v) is 3.65. The Hall–Kier alpha value is -2.22. The molecule has 2 amide bonds. The first-order valence-electron chi connectivity index (χ1n) is 4.86. The third-order valence-electron chi connectivity index (χ3n) is 2.41. The average molecular weight is 215 g/mol. The number of imide groups is 1. The van der Waals surface area contributed by atoms with Crippen molar-refractivity contribution in [3.8, 4) is 6.07 Å². The van der Waals surface area contributed by atoms with Crippen molar-refractivity contribution in [1.82, 2.24) is 9.88 Å². The molecule has 0 saturated heterocycles. The molecular weight excluding hydrogens is 206 g/mol. The maximum Gasteiger partial charge on any atom is 0.280 e. The van der Waals surface area contributed by atoms with Crippen molar-refractivity contribution in [2.75, 3.05) is 6.54 Å². The van der Waals surface area contributed by atoms with Crippen molar-refractivity contribution < 1.29 is 9.59 Å². The zero-order valence-corrected chi connectivity index (χ0v) is 8.67. The van der Waals surface area contributed by atoms with E-state index < -0.39 is 5.91 Å². The highest BCUT2D eigenvalue weighted by atomic mass is 16.2. The first-order valence-corrected chi connectivity index (χ1v) is 4.86. The maximum atomic E-state index is 11.8. The summed E-state index contributed by atoms with van der Waals surface area (Å²) in [6.07, 6.45) is 1.47. The molecule has 1 unspecified atom stereocenters. The maximum absolute atomic E-state index is 11.8. The standard InChI is InChI=1S/C11H9N3O2/c1-7(5-12)6-14-10(15)8-3-2-4-13-9(8)11(14)16/h2-4,7H,6H2,1H3. The minimum atomic E-state index is -0.414. The summed E-state index contributed by atoms with van der Waals surface area (Å²) in [4.78, 5) is 28.6. The fraction of sp³-hybridized carbons (Fsp3) is 0.273. The van der Waals surface area contributed by atoms with Crippen LogP contribution in [0.4, 0.5) is 0 Å². The lowest BCUT2D eigenvalue weighted by Gasteiger charge is -2.13. The van der Waals surface area contributed by atoms with Gasteiger partial charge < -0.3 is 0 Å². The quantitative estimate of drug-likeness (QED) is 0.685. The van der Waals surface area contributed by atoms with Gasteiger partial charge >= 0.3 is 0 Å². The number of pyridine rings is 1. The molecule has 0 aliphatic carbocycles. The third-order valence-corrected chi connectivity index (χ3v) is 2.41. The molecule has 16 heavy (non-hydrogen) atoms. The molecule has 5 nitrogen and oxygen atoms in total. The van der Waals surface area contributed by atoms with Gasteiger partial charge in [0, 0.05) is 12.7 Å². The molecule has 1 aromatic rings. The van der Waals surface area contributed by atoms with Gasteiger partial charge in [-0.05, 0) is 19.1 Å². The fourth-order valence-corrected chi connectivity index (χ4v) is 1.59. The molecule has 2 rings (SSSR count). The van der Waals surface area contributed by atoms with Crippen molar-refractivity contribution in [2.45, 2.75) is 6.92 Å². The number of hydrogen-bond acceptors (Lipinski definition) is 4. The Kier molecular flexibility index (Phi) is 2.41. The van der Waals surface area contributed by atoms with Gasteiger partial charge in [-0.2, -0.15) is 5.26 Å². The lowest BCUT2D eigenvalue weighted by atomic mass is 10.2. The molecule has 0 spiro atoms. The number of nitrogens with zero attached hydrogens (tertiary/aromatic N) is 3. The Balaban J connectivity index is 2.33. The molecule has 1 atom stereocenters. The summed E-state index contributed by atoms with van der Waals surface area (Å²) in [7, 11) is 0. The predicted molar refractivity (Wildman–Crippen MR) is 54.4 cm³/mol. The van der Waals surface area contributed by atoms with E-state index in [2.05, 4.69) is 4.98 Å². The summed E-state index contributed by atoms with van der Waals surface area (Å²) in [6, 6.07) is 5.17. The second kappa shape index (κ2) is 3.74. The zero-order valence-electron chi connectivity index (χ0n) is 8.67. The molecule has 1 aromatic heterocycles. The van der Waals surface area contributed by atoms with Gasteiger partial charge in [-0.25, -0.2) is 0 Å². The van der Waals surface area contributed by atoms with Gasteiger partial charge in [0.25, 0.3) is 11.8 Å². The number of amides is 2. The van der Waals surface area contributed by atoms with Crippen LogP contribution in [0.15, 0.2) is 18.3 Å². The van der Waals surface area contributed by atoms with Crippen LogP contribution in [0.25, 0.3) is 0 Å². The van der Waals surface area contributed by atoms with Crippen LogP contribution in [-0.2, 0) is 0 Å². The topological polar surface area (TPSA) is 74.1 Å². The summed E-state index contributed by atoms with van der Waals surface area (Å²) < 4.78 is 0. The van der Waals surface area contributed by atoms with E-state index in [9.17, 15) is 9.59 Å². The number of carbonyl (C=O) groups excluding carboxylic acids is 2. The van der Waals surface area contributed by atoms with Crippen molar-refractivity contribution in [3.05, 3.63) is 29.6 Å². The fourth-order valence-electron chi connectivity index (χ4n) is 1.59. The highest BCUT2D eigenvalue weighted by Gasteiger charge is 2.36. The lowest BCUT2D eigenvalue weighted by molar-refractivity contribution is 0.0641. The normalized spacial score (nSPS) is 15.9. The van der Waals surface area contributed by atoms with Crippen LogP contribution in [0.1, 0.15) is 27.8 Å². The van der Waals surface area contributed by atoms with Gasteiger partial charge in [0.1, 0.15) is 5.69 Å². The highest BCUT2D eigenvalue weighted by Crippen LogP contribution is 2.21. The van der Waals surface area contributed by atoms with Gasteiger partial charge in [-0.3, -0.25) is 19.5 Å². The van der Waals surface area contributed by atoms with Crippen LogP contribution in [0.3, 0.4) is 0 Å². The average Bonchev–Trinajstić information content (AvgIpc) is 2.55. The summed E-state index contributed by atoms with van der Waals surface area (Å²) in [5.41, 5.74) is 0.496. The molecule has 1 aliphatic heterocycles. The minimum absolute atomic E-state index is 0.116. The molecule has 5 heteroatoms. The summed E-state index contributed by atoms with van der Waals surface area (Å²) in [6.45, 7) is 1.78. The van der Waals surface area contributed by atoms with Crippen molar-refractivity contribution >= 4 is 11.8 Å². The number of carbonyl (C=O) groups is 2. The predicted octanol–water partition coefficient (Wildman–Crippen LogP) is 0.837. The third kappa shape index (κ3) is 1.44. The number of nitriles is 1. The molecule has 0 saturated carbocycles. The van der Waals surface area contributed by atoms with Gasteiger partial charge in [-0.15, -0.1) is 0 Å². The number of rotatable bonds is 2. The highest BCUT2D eigenvalue weighted by molar-refractivity contribution is 6.20. The first-order chi connectivity index (χ1) is 7.65. The second-order valence-electron chi connectivity index (χ2n) is 3.65. The zero-order chi connectivity index (χ0) is 11.7. The van der Waals surface area contributed by atoms with Crippen molar-refractivity contribution in [3.63, 3.8) is 0 Å². The summed E-state index contributed by atoms with van der Waals surface area (Å²) >= 11 is 0. The van der Waals surface area contributed by atoms with Gasteiger partial charge in [0.2, 0.25) is 0 Å². The van der Waals surface area contributed by atoms with Crippen molar-refractivity contribution in [1.29, 1.82) is 5.26 Å². The van der Waals surface area contributed by atoms with E-state index in [-0.39, 0.29) is 24.1 Å². The molecule has 1 aliphatic rings. The van der Waals surface area contributed by atoms with Crippen LogP contribution in [-0.4, -0.2) is 28.2 Å². The van der Waals surface area contributed by atoms with Crippen molar-refractivity contribution in [2.24, 2.45) is 5.92 Å². The Morgan fingerprint density at radius 2 is 2.25 bits per heavy atom. The van der Waals surface area contributed by atoms with E-state index in [1.165, 1.54) is 6.20 Å². The molecule has 2 heterocycles. The lowest BCUT2D eigenvalue weighted by Crippen LogP contribution is -2.33. The number of fused-ring (bicyclic) bond motifs is 1. The van der Waals surface area contributed by atoms with E-state index in [0.717, 1.165) is 4.90 Å². The summed E-state index contributed by atoms with van der Waals surface area (Å²) in [5, 5.41) is 8.67. The molecule has 0 aromatic carbocycles.